The third-order valence-corrected chi connectivity index (χ3v) is 3.42. The molecular weight excluding hydrogens is 241 g/mol. The molecule has 7 unspecified atom stereocenters. The zero-order valence-corrected chi connectivity index (χ0v) is 12.8. The minimum Gasteiger partial charge on any atom is -0.299 e. The van der Waals surface area contributed by atoms with Gasteiger partial charge in [0.2, 0.25) is 0 Å². The van der Waals surface area contributed by atoms with Gasteiger partial charge < -0.3 is 0 Å². The zero-order chi connectivity index (χ0) is 14.3. The van der Waals surface area contributed by atoms with Crippen molar-refractivity contribution in [1.82, 2.24) is 0 Å². The molecule has 0 aromatic carbocycles. The van der Waals surface area contributed by atoms with E-state index >= 15 is 0 Å². The molecular formula is C11H25OP3. The van der Waals surface area contributed by atoms with Gasteiger partial charge in [-0.05, 0) is 43.6 Å². The summed E-state index contributed by atoms with van der Waals surface area (Å²) in [6.07, 6.45) is 1.22. The molecule has 0 N–H and O–H groups in total. The molecule has 90 valence electrons. The van der Waals surface area contributed by atoms with E-state index < -0.39 is 0 Å². The quantitative estimate of drug-likeness (QED) is 0.590. The van der Waals surface area contributed by atoms with Gasteiger partial charge in [0, 0.05) is 16.5 Å². The second-order valence-electron chi connectivity index (χ2n) is 3.60. The average molecular weight is 272 g/mol. The highest BCUT2D eigenvalue weighted by atomic mass is 31.0. The van der Waals surface area contributed by atoms with Crippen LogP contribution in [0.25, 0.3) is 0 Å². The van der Waals surface area contributed by atoms with E-state index in [1.54, 1.807) is 0 Å². The largest absolute Gasteiger partial charge is 0.299 e. The molecule has 1 nitrogen and oxygen atoms in total. The van der Waals surface area contributed by atoms with Crippen LogP contribution in [0, 0.1) is 11.8 Å². The summed E-state index contributed by atoms with van der Waals surface area (Å²) in [4.78, 5) is 12.0. The summed E-state index contributed by atoms with van der Waals surface area (Å²) >= 11 is 0. The second kappa shape index (κ2) is 10.1. The van der Waals surface area contributed by atoms with E-state index in [4.69, 9.17) is 4.11 Å². The van der Waals surface area contributed by atoms with E-state index in [-0.39, 0.29) is 36.0 Å². The number of hydrogen-bond donors (Lipinski definition) is 0. The molecule has 0 aromatic rings. The summed E-state index contributed by atoms with van der Waals surface area (Å²) in [5, 5.41) is 0. The van der Waals surface area contributed by atoms with E-state index in [2.05, 4.69) is 27.7 Å². The fourth-order valence-electron chi connectivity index (χ4n) is 1.77. The number of Topliss-reactive ketones (excluding diaryl/α,β-unsaturated/α-hetero) is 1. The third-order valence-electron chi connectivity index (χ3n) is 2.60. The summed E-state index contributed by atoms with van der Waals surface area (Å²) in [5.41, 5.74) is 0. The van der Waals surface area contributed by atoms with Crippen molar-refractivity contribution in [3.05, 3.63) is 0 Å². The van der Waals surface area contributed by atoms with Crippen molar-refractivity contribution in [3.63, 3.8) is 0 Å². The van der Waals surface area contributed by atoms with Crippen molar-refractivity contribution >= 4 is 33.5 Å². The minimum absolute atomic E-state index is 0.0332. The Hall–Kier alpha value is 0.960. The van der Waals surface area contributed by atoms with Crippen LogP contribution in [0.3, 0.4) is 0 Å². The summed E-state index contributed by atoms with van der Waals surface area (Å²) in [5.74, 6) is 0.0126. The lowest BCUT2D eigenvalue weighted by Gasteiger charge is -2.25. The predicted molar refractivity (Wildman–Crippen MR) is 79.9 cm³/mol. The maximum atomic E-state index is 12.0. The van der Waals surface area contributed by atoms with Gasteiger partial charge in [-0.3, -0.25) is 4.79 Å². The number of rotatable bonds is 9. The Labute approximate surface area is 106 Å². The van der Waals surface area contributed by atoms with Gasteiger partial charge in [-0.1, -0.05) is 6.92 Å². The van der Waals surface area contributed by atoms with Crippen LogP contribution in [0.2, 0.25) is 0 Å². The topological polar surface area (TPSA) is 17.1 Å². The van der Waals surface area contributed by atoms with Gasteiger partial charge >= 0.3 is 0 Å². The Balaban J connectivity index is 4.86. The lowest BCUT2D eigenvalue weighted by Crippen LogP contribution is -2.25. The van der Waals surface area contributed by atoms with Crippen LogP contribution in [-0.4, -0.2) is 24.2 Å². The highest BCUT2D eigenvalue weighted by Gasteiger charge is 2.24. The van der Waals surface area contributed by atoms with Crippen LogP contribution in [0.4, 0.5) is 0 Å². The molecule has 4 heteroatoms. The summed E-state index contributed by atoms with van der Waals surface area (Å²) < 4.78 is 23.0. The van der Waals surface area contributed by atoms with Crippen molar-refractivity contribution in [1.29, 1.82) is 0 Å². The van der Waals surface area contributed by atoms with E-state index in [1.165, 1.54) is 0 Å². The fourth-order valence-corrected chi connectivity index (χ4v) is 2.76. The number of carbonyl (C=O) groups excluding carboxylic acids is 1. The monoisotopic (exact) mass is 272 g/mol. The molecule has 0 radical (unpaired) electrons. The van der Waals surface area contributed by atoms with Crippen molar-refractivity contribution < 1.29 is 8.91 Å². The van der Waals surface area contributed by atoms with E-state index in [1.807, 2.05) is 6.92 Å². The second-order valence-corrected chi connectivity index (χ2v) is 5.01. The fraction of sp³-hybridized carbons (Fsp3) is 0.909. The standard InChI is InChI=1S/C11H25OP3/c1-2-11(12)10(5-8-15)9(3-6-13)4-7-14/h9-10H,2-8,13-15H2,1H3/i6T,7T,8T. The SMILES string of the molecule is [3H]C(P)CC(CC([3H])P)C(CC([3H])P)C(=O)CC. The van der Waals surface area contributed by atoms with Crippen molar-refractivity contribution in [3.8, 4) is 0 Å². The van der Waals surface area contributed by atoms with E-state index in [9.17, 15) is 4.79 Å². The zero-order valence-electron chi connectivity index (χ0n) is 12.4. The van der Waals surface area contributed by atoms with Crippen LogP contribution in [0.1, 0.15) is 36.7 Å². The third kappa shape index (κ3) is 6.31. The maximum Gasteiger partial charge on any atom is 0.135 e. The van der Waals surface area contributed by atoms with Crippen LogP contribution in [0.5, 0.6) is 0 Å². The maximum absolute atomic E-state index is 12.0. The molecule has 15 heavy (non-hydrogen) atoms. The first-order chi connectivity index (χ1) is 8.27. The molecule has 0 heterocycles. The number of hydrogen-bond acceptors (Lipinski definition) is 1. The Morgan fingerprint density at radius 1 is 1.13 bits per heavy atom. The lowest BCUT2D eigenvalue weighted by atomic mass is 9.82. The Kier molecular flexibility index (Phi) is 7.48. The van der Waals surface area contributed by atoms with Gasteiger partial charge in [0.15, 0.2) is 0 Å². The summed E-state index contributed by atoms with van der Waals surface area (Å²) in [6.45, 7) is 1.84. The molecule has 0 aromatic heterocycles. The Morgan fingerprint density at radius 2 is 1.60 bits per heavy atom. The van der Waals surface area contributed by atoms with Gasteiger partial charge in [-0.2, -0.15) is 0 Å². The molecule has 0 aliphatic heterocycles. The molecule has 0 fully saturated rings. The van der Waals surface area contributed by atoms with Crippen molar-refractivity contribution in [2.24, 2.45) is 11.8 Å². The summed E-state index contributed by atoms with van der Waals surface area (Å²) in [7, 11) is 7.29. The smallest absolute Gasteiger partial charge is 0.135 e. The highest BCUT2D eigenvalue weighted by Crippen LogP contribution is 2.27. The Bertz CT molecular complexity index is 240. The van der Waals surface area contributed by atoms with Gasteiger partial charge in [0.05, 0.1) is 0 Å². The molecule has 0 aliphatic carbocycles. The molecule has 0 bridgehead atoms. The molecule has 0 saturated heterocycles. The first-order valence-corrected chi connectivity index (χ1v) is 7.34. The minimum atomic E-state index is -0.351. The van der Waals surface area contributed by atoms with Gasteiger partial charge in [0.25, 0.3) is 0 Å². The molecule has 0 aliphatic rings. The van der Waals surface area contributed by atoms with E-state index in [0.29, 0.717) is 25.7 Å². The first-order valence-electron chi connectivity index (χ1n) is 7.07. The van der Waals surface area contributed by atoms with Gasteiger partial charge in [-0.15, -0.1) is 27.7 Å². The molecule has 0 saturated carbocycles. The lowest BCUT2D eigenvalue weighted by molar-refractivity contribution is -0.124. The molecule has 0 rings (SSSR count). The highest BCUT2D eigenvalue weighted by molar-refractivity contribution is 7.16. The molecule has 0 spiro atoms. The molecule has 0 amide bonds. The predicted octanol–water partition coefficient (Wildman–Crippen LogP) is 2.99. The normalized spacial score (nSPS) is 24.1. The number of ketones is 1. The average Bonchev–Trinajstić information content (AvgIpc) is 2.22. The van der Waals surface area contributed by atoms with E-state index in [0.717, 1.165) is 0 Å². The van der Waals surface area contributed by atoms with Crippen molar-refractivity contribution in [2.45, 2.75) is 32.6 Å². The van der Waals surface area contributed by atoms with Gasteiger partial charge in [-0.25, -0.2) is 0 Å². The van der Waals surface area contributed by atoms with Crippen LogP contribution in [-0.2, 0) is 4.79 Å². The van der Waals surface area contributed by atoms with Crippen molar-refractivity contribution in [2.75, 3.05) is 18.4 Å². The van der Waals surface area contributed by atoms with Gasteiger partial charge in [0.1, 0.15) is 5.78 Å². The number of carbonyl (C=O) groups is 1. The molecule has 7 atom stereocenters. The Morgan fingerprint density at radius 3 is 1.93 bits per heavy atom. The van der Waals surface area contributed by atoms with Crippen LogP contribution >= 0.6 is 27.7 Å². The first kappa shape index (κ1) is 11.1. The van der Waals surface area contributed by atoms with Crippen LogP contribution < -0.4 is 0 Å². The summed E-state index contributed by atoms with van der Waals surface area (Å²) in [6, 6.07) is 0. The van der Waals surface area contributed by atoms with Crippen LogP contribution in [0.15, 0.2) is 0 Å².